The van der Waals surface area contributed by atoms with Crippen LogP contribution in [0.5, 0.6) is 23.0 Å². The van der Waals surface area contributed by atoms with Crippen LogP contribution in [0.4, 0.5) is 0 Å². The number of rotatable bonds is 4. The number of fused-ring (bicyclic) bond motifs is 2. The molecule has 27 heavy (non-hydrogen) atoms. The molecule has 0 amide bonds. The molecule has 4 rings (SSSR count). The zero-order valence-electron chi connectivity index (χ0n) is 16.1. The van der Waals surface area contributed by atoms with Crippen LogP contribution in [-0.2, 0) is 0 Å². The molecule has 0 bridgehead atoms. The Labute approximate surface area is 160 Å². The normalized spacial score (nSPS) is 17.8. The van der Waals surface area contributed by atoms with Crippen LogP contribution >= 0.6 is 0 Å². The number of hydrogen-bond acceptors (Lipinski definition) is 4. The van der Waals surface area contributed by atoms with Crippen LogP contribution < -0.4 is 18.8 Å². The maximum Gasteiger partial charge on any atom is 0.576 e. The van der Waals surface area contributed by atoms with Crippen molar-refractivity contribution in [2.45, 2.75) is 38.9 Å². The van der Waals surface area contributed by atoms with E-state index in [1.807, 2.05) is 76.2 Å². The molecule has 5 heteroatoms. The second kappa shape index (κ2) is 6.41. The van der Waals surface area contributed by atoms with Gasteiger partial charge in [0.15, 0.2) is 0 Å². The first kappa shape index (κ1) is 17.6. The monoisotopic (exact) mass is 362 g/mol. The molecule has 2 aliphatic rings. The van der Waals surface area contributed by atoms with Crippen LogP contribution in [0.2, 0.25) is 0 Å². The zero-order valence-corrected chi connectivity index (χ0v) is 16.1. The van der Waals surface area contributed by atoms with Crippen molar-refractivity contribution in [2.75, 3.05) is 0 Å². The van der Waals surface area contributed by atoms with Gasteiger partial charge in [0.25, 0.3) is 0 Å². The van der Waals surface area contributed by atoms with Crippen molar-refractivity contribution in [3.8, 4) is 23.0 Å². The molecule has 138 valence electrons. The summed E-state index contributed by atoms with van der Waals surface area (Å²) in [5.41, 5.74) is 1.45. The lowest BCUT2D eigenvalue weighted by molar-refractivity contribution is 0.158. The molecule has 0 saturated carbocycles. The Morgan fingerprint density at radius 2 is 1.15 bits per heavy atom. The standard InChI is InChI=1S/C22H23BO4/c1-21(2)11-9-15-13-17(5-7-19(15)24-21)26-23-27-18-6-8-20-16(14-18)10-12-22(3,4)25-20/h5-14,23H,1-4H3. The molecule has 2 aromatic rings. The first-order valence-corrected chi connectivity index (χ1v) is 9.10. The fourth-order valence-electron chi connectivity index (χ4n) is 3.06. The second-order valence-corrected chi connectivity index (χ2v) is 7.88. The van der Waals surface area contributed by atoms with Crippen molar-refractivity contribution in [3.63, 3.8) is 0 Å². The third-order valence-electron chi connectivity index (χ3n) is 4.49. The Morgan fingerprint density at radius 1 is 0.704 bits per heavy atom. The van der Waals surface area contributed by atoms with Gasteiger partial charge in [-0.15, -0.1) is 0 Å². The Hall–Kier alpha value is -2.82. The fraction of sp³-hybridized carbons (Fsp3) is 0.273. The van der Waals surface area contributed by atoms with E-state index >= 15 is 0 Å². The summed E-state index contributed by atoms with van der Waals surface area (Å²) in [6.07, 6.45) is 8.20. The second-order valence-electron chi connectivity index (χ2n) is 7.88. The average Bonchev–Trinajstić information content (AvgIpc) is 2.61. The minimum absolute atomic E-state index is 0.129. The topological polar surface area (TPSA) is 36.9 Å². The van der Waals surface area contributed by atoms with Crippen molar-refractivity contribution in [1.82, 2.24) is 0 Å². The van der Waals surface area contributed by atoms with Gasteiger partial charge in [-0.25, -0.2) is 0 Å². The molecular weight excluding hydrogens is 339 g/mol. The van der Waals surface area contributed by atoms with Gasteiger partial charge in [-0.3, -0.25) is 0 Å². The van der Waals surface area contributed by atoms with Gasteiger partial charge < -0.3 is 18.8 Å². The van der Waals surface area contributed by atoms with Gasteiger partial charge in [0.2, 0.25) is 0 Å². The average molecular weight is 362 g/mol. The van der Waals surface area contributed by atoms with Gasteiger partial charge in [0.05, 0.1) is 0 Å². The highest BCUT2D eigenvalue weighted by Gasteiger charge is 2.22. The van der Waals surface area contributed by atoms with E-state index in [9.17, 15) is 0 Å². The maximum atomic E-state index is 5.92. The van der Waals surface area contributed by atoms with E-state index < -0.39 is 0 Å². The summed E-state index contributed by atoms with van der Waals surface area (Å²) in [5.74, 6) is 3.20. The van der Waals surface area contributed by atoms with Gasteiger partial charge in [-0.05, 0) is 76.2 Å². The molecule has 0 aromatic heterocycles. The SMILES string of the molecule is CC1(C)C=Cc2cc(OBOc3ccc4c(c3)C=CC(C)(C)O4)ccc2O1. The van der Waals surface area contributed by atoms with Gasteiger partial charge in [0, 0.05) is 11.1 Å². The molecule has 0 aliphatic carbocycles. The molecule has 0 atom stereocenters. The van der Waals surface area contributed by atoms with Crippen molar-refractivity contribution in [1.29, 1.82) is 0 Å². The minimum atomic E-state index is -0.279. The van der Waals surface area contributed by atoms with Gasteiger partial charge in [-0.2, -0.15) is 0 Å². The first-order chi connectivity index (χ1) is 12.8. The highest BCUT2D eigenvalue weighted by molar-refractivity contribution is 6.20. The van der Waals surface area contributed by atoms with E-state index in [0.29, 0.717) is 0 Å². The Balaban J connectivity index is 1.38. The molecular formula is C22H23BO4. The van der Waals surface area contributed by atoms with Crippen LogP contribution in [0.25, 0.3) is 12.2 Å². The summed E-state index contributed by atoms with van der Waals surface area (Å²) in [4.78, 5) is 0. The van der Waals surface area contributed by atoms with E-state index in [1.165, 1.54) is 0 Å². The van der Waals surface area contributed by atoms with E-state index in [0.717, 1.165) is 34.1 Å². The lowest BCUT2D eigenvalue weighted by atomic mass is 10.0. The van der Waals surface area contributed by atoms with Crippen LogP contribution in [0, 0.1) is 0 Å². The summed E-state index contributed by atoms with van der Waals surface area (Å²) in [7, 11) is 0.129. The molecule has 0 radical (unpaired) electrons. The third-order valence-corrected chi connectivity index (χ3v) is 4.49. The smallest absolute Gasteiger partial charge is 0.528 e. The number of ether oxygens (including phenoxy) is 2. The summed E-state index contributed by atoms with van der Waals surface area (Å²) < 4.78 is 23.3. The van der Waals surface area contributed by atoms with Crippen molar-refractivity contribution in [2.24, 2.45) is 0 Å². The number of benzene rings is 2. The van der Waals surface area contributed by atoms with E-state index in [2.05, 4.69) is 12.2 Å². The van der Waals surface area contributed by atoms with Gasteiger partial charge >= 0.3 is 7.69 Å². The zero-order chi connectivity index (χ0) is 19.1. The van der Waals surface area contributed by atoms with Crippen LogP contribution in [0.3, 0.4) is 0 Å². The quantitative estimate of drug-likeness (QED) is 0.734. The Morgan fingerprint density at radius 3 is 1.59 bits per heavy atom. The predicted octanol–water partition coefficient (Wildman–Crippen LogP) is 4.78. The molecule has 0 unspecified atom stereocenters. The molecule has 0 spiro atoms. The Bertz CT molecular complexity index is 852. The van der Waals surface area contributed by atoms with Crippen LogP contribution in [0.1, 0.15) is 38.8 Å². The maximum absolute atomic E-state index is 5.92. The molecule has 4 nitrogen and oxygen atoms in total. The highest BCUT2D eigenvalue weighted by atomic mass is 16.6. The van der Waals surface area contributed by atoms with E-state index in [-0.39, 0.29) is 18.9 Å². The highest BCUT2D eigenvalue weighted by Crippen LogP contribution is 2.34. The lowest BCUT2D eigenvalue weighted by Gasteiger charge is -2.28. The molecule has 2 heterocycles. The van der Waals surface area contributed by atoms with Crippen molar-refractivity contribution < 1.29 is 18.8 Å². The first-order valence-electron chi connectivity index (χ1n) is 9.10. The molecule has 0 fully saturated rings. The predicted molar refractivity (Wildman–Crippen MR) is 109 cm³/mol. The summed E-state index contributed by atoms with van der Waals surface area (Å²) in [6, 6.07) is 11.6. The molecule has 2 aliphatic heterocycles. The molecule has 2 aromatic carbocycles. The van der Waals surface area contributed by atoms with E-state index in [1.54, 1.807) is 0 Å². The van der Waals surface area contributed by atoms with Gasteiger partial charge in [0.1, 0.15) is 34.2 Å². The van der Waals surface area contributed by atoms with Gasteiger partial charge in [-0.1, -0.05) is 12.2 Å². The summed E-state index contributed by atoms with van der Waals surface area (Å²) in [5, 5.41) is 0. The minimum Gasteiger partial charge on any atom is -0.528 e. The lowest BCUT2D eigenvalue weighted by Crippen LogP contribution is -2.27. The summed E-state index contributed by atoms with van der Waals surface area (Å²) in [6.45, 7) is 8.13. The van der Waals surface area contributed by atoms with Crippen LogP contribution in [0.15, 0.2) is 48.6 Å². The fourth-order valence-corrected chi connectivity index (χ4v) is 3.06. The third kappa shape index (κ3) is 3.97. The van der Waals surface area contributed by atoms with Crippen molar-refractivity contribution in [3.05, 3.63) is 59.7 Å². The number of hydrogen-bond donors (Lipinski definition) is 0. The molecule has 0 saturated heterocycles. The van der Waals surface area contributed by atoms with E-state index in [4.69, 9.17) is 18.8 Å². The summed E-state index contributed by atoms with van der Waals surface area (Å²) >= 11 is 0. The largest absolute Gasteiger partial charge is 0.576 e. The Kier molecular flexibility index (Phi) is 4.18. The molecule has 0 N–H and O–H groups in total. The van der Waals surface area contributed by atoms with Crippen LogP contribution in [-0.4, -0.2) is 18.9 Å². The van der Waals surface area contributed by atoms with Crippen molar-refractivity contribution >= 4 is 19.8 Å².